The Morgan fingerprint density at radius 2 is 1.94 bits per heavy atom. The van der Waals surface area contributed by atoms with E-state index in [4.69, 9.17) is 0 Å². The van der Waals surface area contributed by atoms with Gasteiger partial charge in [0.25, 0.3) is 0 Å². The first-order valence-corrected chi connectivity index (χ1v) is 6.96. The van der Waals surface area contributed by atoms with Gasteiger partial charge in [-0.05, 0) is 40.5 Å². The van der Waals surface area contributed by atoms with Gasteiger partial charge in [0.1, 0.15) is 0 Å². The van der Waals surface area contributed by atoms with Gasteiger partial charge in [-0.25, -0.2) is 0 Å². The summed E-state index contributed by atoms with van der Waals surface area (Å²) in [5.74, 6) is 0.970. The first-order chi connectivity index (χ1) is 8.17. The van der Waals surface area contributed by atoms with E-state index in [2.05, 4.69) is 48.2 Å². The van der Waals surface area contributed by atoms with Gasteiger partial charge in [-0.3, -0.25) is 4.99 Å². The zero-order valence-corrected chi connectivity index (χ0v) is 11.8. The lowest BCUT2D eigenvalue weighted by molar-refractivity contribution is 0.167. The maximum absolute atomic E-state index is 4.44. The fourth-order valence-corrected chi connectivity index (χ4v) is 2.23. The first kappa shape index (κ1) is 14.3. The van der Waals surface area contributed by atoms with Crippen LogP contribution < -0.4 is 10.6 Å². The zero-order valence-electron chi connectivity index (χ0n) is 11.8. The molecule has 1 heterocycles. The minimum Gasteiger partial charge on any atom is -0.357 e. The summed E-state index contributed by atoms with van der Waals surface area (Å²) in [5, 5.41) is 6.82. The van der Waals surface area contributed by atoms with Crippen LogP contribution in [0.25, 0.3) is 0 Å². The molecule has 0 radical (unpaired) electrons. The quantitative estimate of drug-likeness (QED) is 0.577. The SMILES string of the molecule is CCN=C(NCC)NC1CCN(C(C)C)CC1. The molecule has 1 saturated heterocycles. The van der Waals surface area contributed by atoms with Crippen LogP contribution >= 0.6 is 0 Å². The molecule has 0 saturated carbocycles. The Bertz CT molecular complexity index is 230. The Kier molecular flexibility index (Phi) is 6.34. The summed E-state index contributed by atoms with van der Waals surface area (Å²) in [5.41, 5.74) is 0. The molecular weight excluding hydrogens is 212 g/mol. The van der Waals surface area contributed by atoms with E-state index in [1.165, 1.54) is 25.9 Å². The lowest BCUT2D eigenvalue weighted by Gasteiger charge is -2.35. The molecule has 0 atom stereocenters. The third-order valence-corrected chi connectivity index (χ3v) is 3.26. The molecule has 0 amide bonds. The minimum absolute atomic E-state index is 0.578. The van der Waals surface area contributed by atoms with Crippen molar-refractivity contribution in [1.29, 1.82) is 0 Å². The van der Waals surface area contributed by atoms with Crippen molar-refractivity contribution in [3.8, 4) is 0 Å². The maximum atomic E-state index is 4.44. The summed E-state index contributed by atoms with van der Waals surface area (Å²) in [4.78, 5) is 6.99. The van der Waals surface area contributed by atoms with Crippen LogP contribution in [0, 0.1) is 0 Å². The molecule has 0 aromatic rings. The standard InChI is InChI=1S/C13H28N4/c1-5-14-13(15-6-2)16-12-7-9-17(10-8-12)11(3)4/h11-12H,5-10H2,1-4H3,(H2,14,15,16). The Hall–Kier alpha value is -0.770. The predicted octanol–water partition coefficient (Wildman–Crippen LogP) is 1.43. The largest absolute Gasteiger partial charge is 0.357 e. The molecule has 4 nitrogen and oxygen atoms in total. The molecule has 0 aromatic heterocycles. The monoisotopic (exact) mass is 240 g/mol. The first-order valence-electron chi connectivity index (χ1n) is 6.96. The molecule has 1 fully saturated rings. The van der Waals surface area contributed by atoms with Crippen molar-refractivity contribution in [3.05, 3.63) is 0 Å². The molecule has 0 bridgehead atoms. The molecular formula is C13H28N4. The highest BCUT2D eigenvalue weighted by Crippen LogP contribution is 2.12. The van der Waals surface area contributed by atoms with Gasteiger partial charge in [-0.15, -0.1) is 0 Å². The highest BCUT2D eigenvalue weighted by molar-refractivity contribution is 5.80. The minimum atomic E-state index is 0.578. The topological polar surface area (TPSA) is 39.7 Å². The molecule has 2 N–H and O–H groups in total. The molecule has 17 heavy (non-hydrogen) atoms. The molecule has 1 aliphatic heterocycles. The van der Waals surface area contributed by atoms with Gasteiger partial charge in [0, 0.05) is 38.3 Å². The van der Waals surface area contributed by atoms with Crippen molar-refractivity contribution in [2.45, 2.75) is 52.6 Å². The molecule has 0 aliphatic carbocycles. The maximum Gasteiger partial charge on any atom is 0.191 e. The second-order valence-electron chi connectivity index (χ2n) is 4.90. The van der Waals surface area contributed by atoms with Crippen molar-refractivity contribution in [1.82, 2.24) is 15.5 Å². The van der Waals surface area contributed by atoms with Crippen molar-refractivity contribution < 1.29 is 0 Å². The smallest absolute Gasteiger partial charge is 0.191 e. The van der Waals surface area contributed by atoms with E-state index >= 15 is 0 Å². The second-order valence-corrected chi connectivity index (χ2v) is 4.90. The fraction of sp³-hybridized carbons (Fsp3) is 0.923. The van der Waals surface area contributed by atoms with E-state index in [0.717, 1.165) is 19.0 Å². The average molecular weight is 240 g/mol. The highest BCUT2D eigenvalue weighted by atomic mass is 15.2. The highest BCUT2D eigenvalue weighted by Gasteiger charge is 2.21. The number of likely N-dealkylation sites (tertiary alicyclic amines) is 1. The van der Waals surface area contributed by atoms with Crippen molar-refractivity contribution in [2.75, 3.05) is 26.2 Å². The van der Waals surface area contributed by atoms with Crippen LogP contribution in [0.1, 0.15) is 40.5 Å². The predicted molar refractivity (Wildman–Crippen MR) is 74.5 cm³/mol. The van der Waals surface area contributed by atoms with Crippen LogP contribution in [0.5, 0.6) is 0 Å². The van der Waals surface area contributed by atoms with E-state index in [9.17, 15) is 0 Å². The number of hydrogen-bond acceptors (Lipinski definition) is 2. The average Bonchev–Trinajstić information content (AvgIpc) is 2.30. The number of rotatable bonds is 4. The molecule has 0 spiro atoms. The Morgan fingerprint density at radius 3 is 2.41 bits per heavy atom. The second kappa shape index (κ2) is 7.54. The number of piperidine rings is 1. The normalized spacial score (nSPS) is 19.7. The lowest BCUT2D eigenvalue weighted by Crippen LogP contribution is -2.49. The number of aliphatic imine (C=N–C) groups is 1. The van der Waals surface area contributed by atoms with E-state index in [0.29, 0.717) is 12.1 Å². The van der Waals surface area contributed by atoms with Gasteiger partial charge in [-0.1, -0.05) is 0 Å². The number of nitrogens with one attached hydrogen (secondary N) is 2. The number of hydrogen-bond donors (Lipinski definition) is 2. The Morgan fingerprint density at radius 1 is 1.29 bits per heavy atom. The van der Waals surface area contributed by atoms with E-state index in [1.807, 2.05) is 0 Å². The van der Waals surface area contributed by atoms with Gasteiger partial charge in [-0.2, -0.15) is 0 Å². The zero-order chi connectivity index (χ0) is 12.7. The summed E-state index contributed by atoms with van der Waals surface area (Å²) < 4.78 is 0. The fourth-order valence-electron chi connectivity index (χ4n) is 2.23. The summed E-state index contributed by atoms with van der Waals surface area (Å²) in [6.45, 7) is 12.9. The summed E-state index contributed by atoms with van der Waals surface area (Å²) >= 11 is 0. The summed E-state index contributed by atoms with van der Waals surface area (Å²) in [6.07, 6.45) is 2.43. The van der Waals surface area contributed by atoms with Crippen LogP contribution in [0.4, 0.5) is 0 Å². The van der Waals surface area contributed by atoms with E-state index in [-0.39, 0.29) is 0 Å². The Balaban J connectivity index is 2.35. The number of nitrogens with zero attached hydrogens (tertiary/aromatic N) is 2. The van der Waals surface area contributed by atoms with Crippen LogP contribution in [-0.4, -0.2) is 49.1 Å². The lowest BCUT2D eigenvalue weighted by atomic mass is 10.0. The van der Waals surface area contributed by atoms with Gasteiger partial charge in [0.05, 0.1) is 0 Å². The summed E-state index contributed by atoms with van der Waals surface area (Å²) in [7, 11) is 0. The molecule has 1 rings (SSSR count). The van der Waals surface area contributed by atoms with E-state index in [1.54, 1.807) is 0 Å². The number of guanidine groups is 1. The molecule has 0 aromatic carbocycles. The van der Waals surface area contributed by atoms with Gasteiger partial charge < -0.3 is 15.5 Å². The van der Waals surface area contributed by atoms with Gasteiger partial charge in [0.15, 0.2) is 5.96 Å². The van der Waals surface area contributed by atoms with Crippen molar-refractivity contribution >= 4 is 5.96 Å². The molecule has 4 heteroatoms. The summed E-state index contributed by atoms with van der Waals surface area (Å²) in [6, 6.07) is 1.25. The van der Waals surface area contributed by atoms with Crippen LogP contribution in [0.3, 0.4) is 0 Å². The third-order valence-electron chi connectivity index (χ3n) is 3.26. The van der Waals surface area contributed by atoms with Crippen LogP contribution in [0.15, 0.2) is 4.99 Å². The molecule has 100 valence electrons. The van der Waals surface area contributed by atoms with Gasteiger partial charge in [0.2, 0.25) is 0 Å². The van der Waals surface area contributed by atoms with Crippen LogP contribution in [-0.2, 0) is 0 Å². The third kappa shape index (κ3) is 4.94. The van der Waals surface area contributed by atoms with Crippen LogP contribution in [0.2, 0.25) is 0 Å². The van der Waals surface area contributed by atoms with Gasteiger partial charge >= 0.3 is 0 Å². The molecule has 0 unspecified atom stereocenters. The molecule has 1 aliphatic rings. The Labute approximate surface area is 106 Å². The van der Waals surface area contributed by atoms with Crippen molar-refractivity contribution in [3.63, 3.8) is 0 Å². The van der Waals surface area contributed by atoms with Crippen molar-refractivity contribution in [2.24, 2.45) is 4.99 Å². The van der Waals surface area contributed by atoms with E-state index < -0.39 is 0 Å².